The van der Waals surface area contributed by atoms with Crippen LogP contribution in [0.15, 0.2) is 29.2 Å². The molecule has 6 nitrogen and oxygen atoms in total. The molecule has 2 amide bonds. The minimum atomic E-state index is -0.392. The van der Waals surface area contributed by atoms with Crippen LogP contribution in [0.2, 0.25) is 0 Å². The number of carbonyl (C=O) groups is 3. The van der Waals surface area contributed by atoms with E-state index in [0.717, 1.165) is 54.7 Å². The molecule has 33 heavy (non-hydrogen) atoms. The maximum Gasteiger partial charge on any atom is 0.341 e. The molecule has 3 rings (SSSR count). The molecule has 0 fully saturated rings. The van der Waals surface area contributed by atoms with Gasteiger partial charge >= 0.3 is 5.97 Å². The number of methoxy groups -OCH3 is 1. The highest BCUT2D eigenvalue weighted by Gasteiger charge is 2.28. The topological polar surface area (TPSA) is 84.5 Å². The van der Waals surface area contributed by atoms with Gasteiger partial charge in [-0.1, -0.05) is 26.3 Å². The molecule has 2 N–H and O–H groups in total. The number of unbranched alkanes of at least 4 members (excludes halogenated alkanes) is 1. The highest BCUT2D eigenvalue weighted by Crippen LogP contribution is 2.39. The summed E-state index contributed by atoms with van der Waals surface area (Å²) < 4.78 is 5.01. The van der Waals surface area contributed by atoms with Gasteiger partial charge in [0.2, 0.25) is 11.8 Å². The third kappa shape index (κ3) is 6.60. The van der Waals surface area contributed by atoms with Crippen molar-refractivity contribution in [3.05, 3.63) is 40.3 Å². The summed E-state index contributed by atoms with van der Waals surface area (Å²) in [5, 5.41) is 6.20. The fraction of sp³-hybridized carbons (Fsp3) is 0.480. The van der Waals surface area contributed by atoms with Crippen LogP contribution in [-0.4, -0.2) is 30.1 Å². The summed E-state index contributed by atoms with van der Waals surface area (Å²) in [4.78, 5) is 39.7. The largest absolute Gasteiger partial charge is 0.465 e. The van der Waals surface area contributed by atoms with Crippen molar-refractivity contribution in [1.29, 1.82) is 0 Å². The van der Waals surface area contributed by atoms with E-state index in [2.05, 4.69) is 17.6 Å². The van der Waals surface area contributed by atoms with Crippen LogP contribution in [0.5, 0.6) is 0 Å². The summed E-state index contributed by atoms with van der Waals surface area (Å²) in [6.45, 7) is 4.02. The van der Waals surface area contributed by atoms with Gasteiger partial charge in [0.05, 0.1) is 17.9 Å². The number of rotatable bonds is 10. The van der Waals surface area contributed by atoms with E-state index in [1.807, 2.05) is 31.2 Å². The number of fused-ring (bicyclic) bond motifs is 1. The first kappa shape index (κ1) is 25.3. The van der Waals surface area contributed by atoms with Crippen LogP contribution in [0, 0.1) is 0 Å². The number of amides is 2. The van der Waals surface area contributed by atoms with E-state index in [-0.39, 0.29) is 17.1 Å². The van der Waals surface area contributed by atoms with Crippen molar-refractivity contribution in [3.8, 4) is 0 Å². The summed E-state index contributed by atoms with van der Waals surface area (Å²) in [7, 11) is 1.37. The highest BCUT2D eigenvalue weighted by molar-refractivity contribution is 8.00. The number of hydrogen-bond donors (Lipinski definition) is 2. The molecule has 178 valence electrons. The van der Waals surface area contributed by atoms with Crippen LogP contribution in [-0.2, 0) is 27.2 Å². The Morgan fingerprint density at radius 3 is 2.67 bits per heavy atom. The minimum Gasteiger partial charge on any atom is -0.465 e. The zero-order chi connectivity index (χ0) is 23.8. The summed E-state index contributed by atoms with van der Waals surface area (Å²) in [5.74, 6) is -0.527. The summed E-state index contributed by atoms with van der Waals surface area (Å²) in [6, 6.07) is 7.57. The minimum absolute atomic E-state index is 0.000728. The number of thioether (sulfide) groups is 1. The Balaban J connectivity index is 1.71. The lowest BCUT2D eigenvalue weighted by molar-refractivity contribution is -0.116. The van der Waals surface area contributed by atoms with E-state index in [0.29, 0.717) is 23.4 Å². The molecule has 0 saturated carbocycles. The average Bonchev–Trinajstić information content (AvgIpc) is 3.18. The summed E-state index contributed by atoms with van der Waals surface area (Å²) >= 11 is 2.95. The van der Waals surface area contributed by atoms with Crippen molar-refractivity contribution in [2.24, 2.45) is 0 Å². The Morgan fingerprint density at radius 2 is 1.94 bits per heavy atom. The molecule has 0 bridgehead atoms. The third-order valence-corrected chi connectivity index (χ3v) is 8.18. The molecule has 1 unspecified atom stereocenters. The fourth-order valence-electron chi connectivity index (χ4n) is 3.86. The molecule has 1 atom stereocenters. The van der Waals surface area contributed by atoms with E-state index in [1.165, 1.54) is 35.1 Å². The molecule has 0 aliphatic heterocycles. The maximum atomic E-state index is 13.2. The van der Waals surface area contributed by atoms with Gasteiger partial charge in [-0.05, 0) is 62.3 Å². The van der Waals surface area contributed by atoms with Crippen molar-refractivity contribution >= 4 is 51.6 Å². The number of nitrogens with one attached hydrogen (secondary N) is 2. The number of carbonyl (C=O) groups excluding carboxylic acids is 3. The van der Waals surface area contributed by atoms with E-state index < -0.39 is 5.97 Å². The predicted molar refractivity (Wildman–Crippen MR) is 135 cm³/mol. The Kier molecular flexibility index (Phi) is 9.38. The molecule has 1 aromatic heterocycles. The standard InChI is InChI=1S/C25H32N2O4S2/c1-4-6-14-21(28)26-16-10-9-11-17(15-16)32-19(5-2)23(29)27-24-22(25(30)31-3)18-12-7-8-13-20(18)33-24/h9-11,15,19H,4-8,12-14H2,1-3H3,(H,26,28)(H,27,29). The normalized spacial score (nSPS) is 13.7. The lowest BCUT2D eigenvalue weighted by Crippen LogP contribution is -2.25. The molecular formula is C25H32N2O4S2. The van der Waals surface area contributed by atoms with Crippen LogP contribution >= 0.6 is 23.1 Å². The molecule has 0 radical (unpaired) electrons. The molecule has 0 spiro atoms. The zero-order valence-electron chi connectivity index (χ0n) is 19.5. The number of benzene rings is 1. The van der Waals surface area contributed by atoms with Crippen molar-refractivity contribution < 1.29 is 19.1 Å². The predicted octanol–water partition coefficient (Wildman–Crippen LogP) is 6.05. The summed E-state index contributed by atoms with van der Waals surface area (Å²) in [5.41, 5.74) is 2.28. The second-order valence-electron chi connectivity index (χ2n) is 8.09. The van der Waals surface area contributed by atoms with Gasteiger partial charge in [0.25, 0.3) is 0 Å². The molecule has 1 aliphatic carbocycles. The van der Waals surface area contributed by atoms with Gasteiger partial charge in [-0.2, -0.15) is 0 Å². The van der Waals surface area contributed by atoms with Crippen molar-refractivity contribution in [2.45, 2.75) is 75.4 Å². The third-order valence-electron chi connectivity index (χ3n) is 5.61. The highest BCUT2D eigenvalue weighted by atomic mass is 32.2. The number of ether oxygens (including phenoxy) is 1. The average molecular weight is 489 g/mol. The van der Waals surface area contributed by atoms with E-state index in [1.54, 1.807) is 0 Å². The van der Waals surface area contributed by atoms with Gasteiger partial charge < -0.3 is 15.4 Å². The van der Waals surface area contributed by atoms with Crippen molar-refractivity contribution in [3.63, 3.8) is 0 Å². The smallest absolute Gasteiger partial charge is 0.341 e. The number of anilines is 2. The Morgan fingerprint density at radius 1 is 1.15 bits per heavy atom. The van der Waals surface area contributed by atoms with Gasteiger partial charge in [-0.15, -0.1) is 23.1 Å². The molecule has 1 aromatic carbocycles. The SMILES string of the molecule is CCCCC(=O)Nc1cccc(SC(CC)C(=O)Nc2sc3c(c2C(=O)OC)CCCC3)c1. The van der Waals surface area contributed by atoms with E-state index in [4.69, 9.17) is 4.74 Å². The number of aryl methyl sites for hydroxylation is 1. The van der Waals surface area contributed by atoms with Gasteiger partial charge in [0, 0.05) is 21.9 Å². The maximum absolute atomic E-state index is 13.2. The molecule has 0 saturated heterocycles. The van der Waals surface area contributed by atoms with Crippen LogP contribution in [0.4, 0.5) is 10.7 Å². The Labute approximate surface area is 203 Å². The van der Waals surface area contributed by atoms with Gasteiger partial charge in [0.15, 0.2) is 0 Å². The van der Waals surface area contributed by atoms with Crippen LogP contribution in [0.25, 0.3) is 0 Å². The second-order valence-corrected chi connectivity index (χ2v) is 10.5. The van der Waals surface area contributed by atoms with Gasteiger partial charge in [-0.3, -0.25) is 9.59 Å². The van der Waals surface area contributed by atoms with E-state index >= 15 is 0 Å². The van der Waals surface area contributed by atoms with Crippen LogP contribution in [0.1, 0.15) is 73.2 Å². The fourth-order valence-corrected chi connectivity index (χ4v) is 6.15. The second kappa shape index (κ2) is 12.2. The molecule has 8 heteroatoms. The zero-order valence-corrected chi connectivity index (χ0v) is 21.1. The van der Waals surface area contributed by atoms with Crippen molar-refractivity contribution in [1.82, 2.24) is 0 Å². The Hall–Kier alpha value is -2.32. The number of thiophene rings is 1. The van der Waals surface area contributed by atoms with Crippen LogP contribution in [0.3, 0.4) is 0 Å². The lowest BCUT2D eigenvalue weighted by Gasteiger charge is -2.16. The number of hydrogen-bond acceptors (Lipinski definition) is 6. The molecular weight excluding hydrogens is 456 g/mol. The quantitative estimate of drug-likeness (QED) is 0.314. The summed E-state index contributed by atoms with van der Waals surface area (Å²) in [6.07, 6.45) is 6.88. The van der Waals surface area contributed by atoms with Gasteiger partial charge in [0.1, 0.15) is 5.00 Å². The lowest BCUT2D eigenvalue weighted by atomic mass is 9.95. The van der Waals surface area contributed by atoms with E-state index in [9.17, 15) is 14.4 Å². The molecule has 1 heterocycles. The Bertz CT molecular complexity index is 1000. The van der Waals surface area contributed by atoms with Crippen LogP contribution < -0.4 is 10.6 Å². The molecule has 1 aliphatic rings. The monoisotopic (exact) mass is 488 g/mol. The van der Waals surface area contributed by atoms with Crippen molar-refractivity contribution in [2.75, 3.05) is 17.7 Å². The van der Waals surface area contributed by atoms with Gasteiger partial charge in [-0.25, -0.2) is 4.79 Å². The first-order valence-corrected chi connectivity index (χ1v) is 13.3. The first-order chi connectivity index (χ1) is 16.0. The number of esters is 1. The molecule has 2 aromatic rings. The first-order valence-electron chi connectivity index (χ1n) is 11.6.